The minimum absolute atomic E-state index is 0.358. The summed E-state index contributed by atoms with van der Waals surface area (Å²) in [6, 6.07) is 17.8. The van der Waals surface area contributed by atoms with Crippen LogP contribution in [0, 0.1) is 0 Å². The number of ether oxygens (including phenoxy) is 2. The van der Waals surface area contributed by atoms with Crippen molar-refractivity contribution in [3.05, 3.63) is 66.9 Å². The van der Waals surface area contributed by atoms with Crippen LogP contribution in [0.2, 0.25) is 0 Å². The third kappa shape index (κ3) is 4.88. The summed E-state index contributed by atoms with van der Waals surface area (Å²) in [7, 11) is 3.21. The Labute approximate surface area is 157 Å². The lowest BCUT2D eigenvalue weighted by atomic mass is 10.2. The first-order chi connectivity index (χ1) is 13.2. The fraction of sp³-hybridized carbons (Fsp3) is 0.100. The van der Waals surface area contributed by atoms with Crippen molar-refractivity contribution in [2.75, 3.05) is 30.2 Å². The van der Waals surface area contributed by atoms with Crippen LogP contribution in [0.5, 0.6) is 11.5 Å². The Morgan fingerprint density at radius 1 is 0.889 bits per heavy atom. The van der Waals surface area contributed by atoms with E-state index in [0.717, 1.165) is 11.4 Å². The maximum atomic E-state index is 12.0. The molecule has 0 saturated heterocycles. The predicted molar refractivity (Wildman–Crippen MR) is 106 cm³/mol. The third-order valence-electron chi connectivity index (χ3n) is 3.72. The molecule has 27 heavy (non-hydrogen) atoms. The summed E-state index contributed by atoms with van der Waals surface area (Å²) in [5, 5.41) is 8.65. The highest BCUT2D eigenvalue weighted by atomic mass is 16.5. The summed E-state index contributed by atoms with van der Waals surface area (Å²) >= 11 is 0. The number of amides is 2. The minimum atomic E-state index is -0.358. The number of carbonyl (C=O) groups excluding carboxylic acids is 1. The van der Waals surface area contributed by atoms with Crippen LogP contribution >= 0.6 is 0 Å². The molecule has 0 atom stereocenters. The normalized spacial score (nSPS) is 10.0. The Kier molecular flexibility index (Phi) is 5.73. The average molecular weight is 364 g/mol. The van der Waals surface area contributed by atoms with Crippen molar-refractivity contribution in [1.82, 2.24) is 4.98 Å². The van der Waals surface area contributed by atoms with Crippen LogP contribution in [-0.2, 0) is 0 Å². The number of rotatable bonds is 6. The van der Waals surface area contributed by atoms with Gasteiger partial charge in [-0.3, -0.25) is 5.32 Å². The Balaban J connectivity index is 1.64. The fourth-order valence-electron chi connectivity index (χ4n) is 2.41. The van der Waals surface area contributed by atoms with Crippen molar-refractivity contribution in [3.8, 4) is 11.5 Å². The number of aromatic nitrogens is 1. The molecule has 2 aromatic carbocycles. The number of methoxy groups -OCH3 is 2. The zero-order chi connectivity index (χ0) is 19.1. The van der Waals surface area contributed by atoms with E-state index in [0.29, 0.717) is 23.0 Å². The lowest BCUT2D eigenvalue weighted by molar-refractivity contribution is 0.262. The van der Waals surface area contributed by atoms with Crippen LogP contribution < -0.4 is 25.4 Å². The van der Waals surface area contributed by atoms with E-state index in [9.17, 15) is 4.79 Å². The molecule has 0 aliphatic rings. The number of urea groups is 1. The highest BCUT2D eigenvalue weighted by Crippen LogP contribution is 2.31. The van der Waals surface area contributed by atoms with Gasteiger partial charge in [-0.05, 0) is 36.4 Å². The van der Waals surface area contributed by atoms with Crippen LogP contribution in [0.4, 0.5) is 27.7 Å². The molecule has 0 bridgehead atoms. The van der Waals surface area contributed by atoms with Crippen LogP contribution in [-0.4, -0.2) is 25.2 Å². The smallest absolute Gasteiger partial charge is 0.324 e. The van der Waals surface area contributed by atoms with Crippen molar-refractivity contribution in [3.63, 3.8) is 0 Å². The predicted octanol–water partition coefficient (Wildman–Crippen LogP) is 4.49. The quantitative estimate of drug-likeness (QED) is 0.600. The number of hydrogen-bond donors (Lipinski definition) is 3. The van der Waals surface area contributed by atoms with Crippen molar-refractivity contribution < 1.29 is 14.3 Å². The van der Waals surface area contributed by atoms with Crippen molar-refractivity contribution in [2.45, 2.75) is 0 Å². The van der Waals surface area contributed by atoms with Crippen LogP contribution in [0.1, 0.15) is 0 Å². The second-order valence-corrected chi connectivity index (χ2v) is 5.57. The van der Waals surface area contributed by atoms with E-state index in [1.54, 1.807) is 26.5 Å². The number of para-hydroxylation sites is 1. The molecule has 3 aromatic rings. The maximum Gasteiger partial charge on any atom is 0.324 e. The SMILES string of the molecule is COc1ccc(OC)c(Nc2ccc(NC(=O)Nc3ccccc3)nc2)c1. The Morgan fingerprint density at radius 2 is 1.70 bits per heavy atom. The molecule has 7 heteroatoms. The van der Waals surface area contributed by atoms with E-state index in [4.69, 9.17) is 9.47 Å². The number of carbonyl (C=O) groups is 1. The van der Waals surface area contributed by atoms with Gasteiger partial charge in [-0.1, -0.05) is 18.2 Å². The molecular weight excluding hydrogens is 344 g/mol. The molecule has 0 radical (unpaired) electrons. The summed E-state index contributed by atoms with van der Waals surface area (Å²) in [6.07, 6.45) is 1.62. The van der Waals surface area contributed by atoms with Crippen LogP contribution in [0.3, 0.4) is 0 Å². The number of anilines is 4. The molecule has 138 valence electrons. The van der Waals surface area contributed by atoms with E-state index in [1.165, 1.54) is 0 Å². The molecule has 3 N–H and O–H groups in total. The van der Waals surface area contributed by atoms with E-state index >= 15 is 0 Å². The summed E-state index contributed by atoms with van der Waals surface area (Å²) in [6.45, 7) is 0. The standard InChI is InChI=1S/C20H20N4O3/c1-26-16-9-10-18(27-2)17(12-16)22-15-8-11-19(21-13-15)24-20(25)23-14-6-4-3-5-7-14/h3-13,22H,1-2H3,(H2,21,23,24,25). The van der Waals surface area contributed by atoms with Crippen molar-refractivity contribution in [2.24, 2.45) is 0 Å². The van der Waals surface area contributed by atoms with Gasteiger partial charge in [0, 0.05) is 11.8 Å². The molecule has 0 unspecified atom stereocenters. The number of hydrogen-bond acceptors (Lipinski definition) is 5. The molecule has 0 saturated carbocycles. The van der Waals surface area contributed by atoms with Crippen LogP contribution in [0.25, 0.3) is 0 Å². The number of pyridine rings is 1. The second-order valence-electron chi connectivity index (χ2n) is 5.57. The van der Waals surface area contributed by atoms with Crippen molar-refractivity contribution in [1.29, 1.82) is 0 Å². The van der Waals surface area contributed by atoms with E-state index in [-0.39, 0.29) is 6.03 Å². The zero-order valence-electron chi connectivity index (χ0n) is 15.0. The highest BCUT2D eigenvalue weighted by molar-refractivity contribution is 5.99. The van der Waals surface area contributed by atoms with Crippen molar-refractivity contribution >= 4 is 28.9 Å². The summed E-state index contributed by atoms with van der Waals surface area (Å²) < 4.78 is 10.6. The van der Waals surface area contributed by atoms with Gasteiger partial charge in [0.15, 0.2) is 0 Å². The van der Waals surface area contributed by atoms with E-state index in [1.807, 2.05) is 54.6 Å². The minimum Gasteiger partial charge on any atom is -0.497 e. The fourth-order valence-corrected chi connectivity index (χ4v) is 2.41. The summed E-state index contributed by atoms with van der Waals surface area (Å²) in [5.41, 5.74) is 2.20. The Hall–Kier alpha value is -3.74. The molecule has 0 aliphatic heterocycles. The Bertz CT molecular complexity index is 899. The Morgan fingerprint density at radius 3 is 2.37 bits per heavy atom. The van der Waals surface area contributed by atoms with Gasteiger partial charge in [0.05, 0.1) is 31.8 Å². The molecule has 0 fully saturated rings. The first-order valence-corrected chi connectivity index (χ1v) is 8.26. The molecule has 1 aromatic heterocycles. The summed E-state index contributed by atoms with van der Waals surface area (Å²) in [5.74, 6) is 1.83. The number of nitrogens with zero attached hydrogens (tertiary/aromatic N) is 1. The maximum absolute atomic E-state index is 12.0. The lowest BCUT2D eigenvalue weighted by Crippen LogP contribution is -2.19. The molecule has 2 amide bonds. The van der Waals surface area contributed by atoms with Gasteiger partial charge in [0.1, 0.15) is 17.3 Å². The topological polar surface area (TPSA) is 84.5 Å². The van der Waals surface area contributed by atoms with Gasteiger partial charge in [0.2, 0.25) is 0 Å². The molecular formula is C20H20N4O3. The van der Waals surface area contributed by atoms with Gasteiger partial charge in [-0.2, -0.15) is 0 Å². The third-order valence-corrected chi connectivity index (χ3v) is 3.72. The van der Waals surface area contributed by atoms with E-state index in [2.05, 4.69) is 20.9 Å². The van der Waals surface area contributed by atoms with Crippen LogP contribution in [0.15, 0.2) is 66.9 Å². The highest BCUT2D eigenvalue weighted by Gasteiger charge is 2.07. The molecule has 3 rings (SSSR count). The first kappa shape index (κ1) is 18.1. The molecule has 0 spiro atoms. The molecule has 1 heterocycles. The largest absolute Gasteiger partial charge is 0.497 e. The number of benzene rings is 2. The summed E-state index contributed by atoms with van der Waals surface area (Å²) in [4.78, 5) is 16.3. The number of nitrogens with one attached hydrogen (secondary N) is 3. The van der Waals surface area contributed by atoms with Gasteiger partial charge < -0.3 is 20.1 Å². The molecule has 7 nitrogen and oxygen atoms in total. The van der Waals surface area contributed by atoms with Gasteiger partial charge in [0.25, 0.3) is 0 Å². The second kappa shape index (κ2) is 8.57. The first-order valence-electron chi connectivity index (χ1n) is 8.26. The van der Waals surface area contributed by atoms with Gasteiger partial charge >= 0.3 is 6.03 Å². The van der Waals surface area contributed by atoms with Gasteiger partial charge in [-0.15, -0.1) is 0 Å². The molecule has 0 aliphatic carbocycles. The zero-order valence-corrected chi connectivity index (χ0v) is 15.0. The van der Waals surface area contributed by atoms with E-state index < -0.39 is 0 Å². The lowest BCUT2D eigenvalue weighted by Gasteiger charge is -2.13. The monoisotopic (exact) mass is 364 g/mol. The average Bonchev–Trinajstić information content (AvgIpc) is 2.70. The van der Waals surface area contributed by atoms with Gasteiger partial charge in [-0.25, -0.2) is 9.78 Å².